The predicted molar refractivity (Wildman–Crippen MR) is 71.6 cm³/mol. The number of benzene rings is 1. The second-order valence-corrected chi connectivity index (χ2v) is 3.87. The standard InChI is InChI=1S/C13H16N4O/c1-10-6-7-13(17-16-10)15-8-9-18-12-5-3-2-4-11(12)14/h2-7H,8-9,14H2,1H3,(H,15,17). The van der Waals surface area contributed by atoms with Crippen LogP contribution >= 0.6 is 0 Å². The molecule has 0 saturated carbocycles. The van der Waals surface area contributed by atoms with Crippen LogP contribution in [-0.4, -0.2) is 23.3 Å². The third-order valence-corrected chi connectivity index (χ3v) is 2.38. The largest absolute Gasteiger partial charge is 0.490 e. The Balaban J connectivity index is 1.76. The van der Waals surface area contributed by atoms with Gasteiger partial charge in [0.2, 0.25) is 0 Å². The molecule has 0 amide bonds. The first-order valence-corrected chi connectivity index (χ1v) is 5.77. The number of nitrogens with zero attached hydrogens (tertiary/aromatic N) is 2. The molecule has 18 heavy (non-hydrogen) atoms. The number of hydrogen-bond acceptors (Lipinski definition) is 5. The van der Waals surface area contributed by atoms with Crippen molar-refractivity contribution in [1.29, 1.82) is 0 Å². The van der Waals surface area contributed by atoms with Gasteiger partial charge in [0.15, 0.2) is 0 Å². The molecular formula is C13H16N4O. The maximum atomic E-state index is 5.76. The van der Waals surface area contributed by atoms with Gasteiger partial charge in [0.25, 0.3) is 0 Å². The summed E-state index contributed by atoms with van der Waals surface area (Å²) >= 11 is 0. The predicted octanol–water partition coefficient (Wildman–Crippen LogP) is 1.86. The third kappa shape index (κ3) is 3.35. The lowest BCUT2D eigenvalue weighted by Crippen LogP contribution is -2.13. The van der Waals surface area contributed by atoms with Crippen molar-refractivity contribution in [2.75, 3.05) is 24.2 Å². The van der Waals surface area contributed by atoms with Gasteiger partial charge in [-0.2, -0.15) is 5.10 Å². The van der Waals surface area contributed by atoms with Crippen LogP contribution in [0.1, 0.15) is 5.69 Å². The molecule has 0 unspecified atom stereocenters. The molecule has 5 heteroatoms. The summed E-state index contributed by atoms with van der Waals surface area (Å²) in [6, 6.07) is 11.2. The van der Waals surface area contributed by atoms with E-state index in [2.05, 4.69) is 15.5 Å². The van der Waals surface area contributed by atoms with Crippen molar-refractivity contribution in [1.82, 2.24) is 10.2 Å². The molecule has 1 heterocycles. The van der Waals surface area contributed by atoms with Crippen molar-refractivity contribution < 1.29 is 4.74 Å². The van der Waals surface area contributed by atoms with Gasteiger partial charge in [-0.05, 0) is 31.2 Å². The van der Waals surface area contributed by atoms with Crippen LogP contribution in [0, 0.1) is 6.92 Å². The zero-order chi connectivity index (χ0) is 12.8. The lowest BCUT2D eigenvalue weighted by molar-refractivity contribution is 0.334. The molecule has 94 valence electrons. The number of nitrogens with one attached hydrogen (secondary N) is 1. The van der Waals surface area contributed by atoms with Crippen LogP contribution in [-0.2, 0) is 0 Å². The Kier molecular flexibility index (Phi) is 3.96. The van der Waals surface area contributed by atoms with Crippen LogP contribution in [0.3, 0.4) is 0 Å². The molecule has 0 saturated heterocycles. The molecule has 2 aromatic rings. The maximum absolute atomic E-state index is 5.76. The Morgan fingerprint density at radius 3 is 2.72 bits per heavy atom. The van der Waals surface area contributed by atoms with Gasteiger partial charge in [0.05, 0.1) is 17.9 Å². The molecule has 3 N–H and O–H groups in total. The summed E-state index contributed by atoms with van der Waals surface area (Å²) in [7, 11) is 0. The van der Waals surface area contributed by atoms with Crippen LogP contribution in [0.25, 0.3) is 0 Å². The van der Waals surface area contributed by atoms with Gasteiger partial charge in [-0.15, -0.1) is 5.10 Å². The van der Waals surface area contributed by atoms with Crippen LogP contribution < -0.4 is 15.8 Å². The van der Waals surface area contributed by atoms with Crippen molar-refractivity contribution in [3.63, 3.8) is 0 Å². The average Bonchev–Trinajstić information content (AvgIpc) is 2.39. The van der Waals surface area contributed by atoms with Crippen molar-refractivity contribution in [2.24, 2.45) is 0 Å². The quantitative estimate of drug-likeness (QED) is 0.620. The van der Waals surface area contributed by atoms with Gasteiger partial charge >= 0.3 is 0 Å². The number of para-hydroxylation sites is 2. The van der Waals surface area contributed by atoms with E-state index in [-0.39, 0.29) is 0 Å². The summed E-state index contributed by atoms with van der Waals surface area (Å²) in [4.78, 5) is 0. The van der Waals surface area contributed by atoms with Crippen molar-refractivity contribution in [2.45, 2.75) is 6.92 Å². The van der Waals surface area contributed by atoms with Crippen LogP contribution in [0.15, 0.2) is 36.4 Å². The van der Waals surface area contributed by atoms with Gasteiger partial charge < -0.3 is 15.8 Å². The molecule has 0 spiro atoms. The highest BCUT2D eigenvalue weighted by Crippen LogP contribution is 2.19. The molecule has 0 aliphatic heterocycles. The van der Waals surface area contributed by atoms with E-state index in [1.165, 1.54) is 0 Å². The summed E-state index contributed by atoms with van der Waals surface area (Å²) in [6.45, 7) is 3.06. The first-order chi connectivity index (χ1) is 8.75. The van der Waals surface area contributed by atoms with Gasteiger partial charge in [-0.3, -0.25) is 0 Å². The zero-order valence-corrected chi connectivity index (χ0v) is 10.3. The minimum absolute atomic E-state index is 0.518. The lowest BCUT2D eigenvalue weighted by atomic mass is 10.3. The Labute approximate surface area is 106 Å². The molecule has 0 aliphatic carbocycles. The summed E-state index contributed by atoms with van der Waals surface area (Å²) < 4.78 is 5.55. The number of aromatic nitrogens is 2. The molecule has 0 aliphatic rings. The minimum atomic E-state index is 0.518. The summed E-state index contributed by atoms with van der Waals surface area (Å²) in [5.41, 5.74) is 7.31. The maximum Gasteiger partial charge on any atom is 0.148 e. The van der Waals surface area contributed by atoms with E-state index in [9.17, 15) is 0 Å². The van der Waals surface area contributed by atoms with Crippen LogP contribution in [0.4, 0.5) is 11.5 Å². The summed E-state index contributed by atoms with van der Waals surface area (Å²) in [6.07, 6.45) is 0. The first kappa shape index (κ1) is 12.2. The molecule has 0 radical (unpaired) electrons. The number of nitrogens with two attached hydrogens (primary N) is 1. The van der Waals surface area contributed by atoms with Gasteiger partial charge in [-0.25, -0.2) is 0 Å². The van der Waals surface area contributed by atoms with Crippen molar-refractivity contribution >= 4 is 11.5 Å². The SMILES string of the molecule is Cc1ccc(NCCOc2ccccc2N)nn1. The van der Waals surface area contributed by atoms with E-state index in [1.807, 2.05) is 43.3 Å². The van der Waals surface area contributed by atoms with E-state index in [4.69, 9.17) is 10.5 Å². The molecule has 1 aromatic heterocycles. The van der Waals surface area contributed by atoms with Crippen LogP contribution in [0.2, 0.25) is 0 Å². The van der Waals surface area contributed by atoms with E-state index < -0.39 is 0 Å². The summed E-state index contributed by atoms with van der Waals surface area (Å²) in [5, 5.41) is 11.1. The minimum Gasteiger partial charge on any atom is -0.490 e. The number of nitrogen functional groups attached to an aromatic ring is 1. The van der Waals surface area contributed by atoms with Gasteiger partial charge in [-0.1, -0.05) is 12.1 Å². The highest BCUT2D eigenvalue weighted by Gasteiger charge is 1.98. The topological polar surface area (TPSA) is 73.1 Å². The highest BCUT2D eigenvalue weighted by molar-refractivity contribution is 5.51. The van der Waals surface area contributed by atoms with E-state index >= 15 is 0 Å². The first-order valence-electron chi connectivity index (χ1n) is 5.77. The van der Waals surface area contributed by atoms with E-state index in [0.29, 0.717) is 24.6 Å². The lowest BCUT2D eigenvalue weighted by Gasteiger charge is -2.09. The molecule has 0 bridgehead atoms. The number of aryl methyl sites for hydroxylation is 1. The number of ether oxygens (including phenoxy) is 1. The van der Waals surface area contributed by atoms with Gasteiger partial charge in [0, 0.05) is 0 Å². The van der Waals surface area contributed by atoms with E-state index in [0.717, 1.165) is 11.5 Å². The third-order valence-electron chi connectivity index (χ3n) is 2.38. The highest BCUT2D eigenvalue weighted by atomic mass is 16.5. The smallest absolute Gasteiger partial charge is 0.148 e. The fourth-order valence-corrected chi connectivity index (χ4v) is 1.45. The van der Waals surface area contributed by atoms with Crippen LogP contribution in [0.5, 0.6) is 5.75 Å². The van der Waals surface area contributed by atoms with Crippen molar-refractivity contribution in [3.05, 3.63) is 42.1 Å². The molecule has 0 fully saturated rings. The number of rotatable bonds is 5. The fraction of sp³-hybridized carbons (Fsp3) is 0.231. The zero-order valence-electron chi connectivity index (χ0n) is 10.3. The van der Waals surface area contributed by atoms with Crippen molar-refractivity contribution in [3.8, 4) is 5.75 Å². The Morgan fingerprint density at radius 2 is 2.00 bits per heavy atom. The number of hydrogen-bond donors (Lipinski definition) is 2. The normalized spacial score (nSPS) is 10.1. The molecule has 0 atom stereocenters. The fourth-order valence-electron chi connectivity index (χ4n) is 1.45. The Morgan fingerprint density at radius 1 is 1.17 bits per heavy atom. The second kappa shape index (κ2) is 5.86. The summed E-state index contributed by atoms with van der Waals surface area (Å²) in [5.74, 6) is 1.44. The Hall–Kier alpha value is -2.30. The molecule has 2 rings (SSSR count). The molecule has 1 aromatic carbocycles. The Bertz CT molecular complexity index is 499. The average molecular weight is 244 g/mol. The monoisotopic (exact) mass is 244 g/mol. The molecule has 5 nitrogen and oxygen atoms in total. The van der Waals surface area contributed by atoms with E-state index in [1.54, 1.807) is 0 Å². The van der Waals surface area contributed by atoms with Gasteiger partial charge in [0.1, 0.15) is 18.2 Å². The second-order valence-electron chi connectivity index (χ2n) is 3.87. The molecular weight excluding hydrogens is 228 g/mol. The number of anilines is 2.